The van der Waals surface area contributed by atoms with Crippen LogP contribution in [0.3, 0.4) is 0 Å². The lowest BCUT2D eigenvalue weighted by atomic mass is 9.85. The van der Waals surface area contributed by atoms with Gasteiger partial charge in [0.25, 0.3) is 0 Å². The highest BCUT2D eigenvalue weighted by Gasteiger charge is 2.30. The van der Waals surface area contributed by atoms with E-state index in [4.69, 9.17) is 0 Å². The Kier molecular flexibility index (Phi) is 5.47. The van der Waals surface area contributed by atoms with Crippen LogP contribution in [0.25, 0.3) is 0 Å². The Balaban J connectivity index is 1.90. The van der Waals surface area contributed by atoms with Crippen LogP contribution in [-0.2, 0) is 11.3 Å². The fourth-order valence-electron chi connectivity index (χ4n) is 3.42. The van der Waals surface area contributed by atoms with Crippen molar-refractivity contribution >= 4 is 5.91 Å². The molecule has 0 saturated carbocycles. The number of hydrogen-bond acceptors (Lipinski definition) is 1. The van der Waals surface area contributed by atoms with Gasteiger partial charge in [0.1, 0.15) is 0 Å². The summed E-state index contributed by atoms with van der Waals surface area (Å²) in [5.41, 5.74) is 2.30. The van der Waals surface area contributed by atoms with Crippen molar-refractivity contribution in [3.05, 3.63) is 83.9 Å². The molecule has 0 aliphatic carbocycles. The van der Waals surface area contributed by atoms with E-state index >= 15 is 0 Å². The Morgan fingerprint density at radius 1 is 1.00 bits per heavy atom. The van der Waals surface area contributed by atoms with E-state index in [1.54, 1.807) is 0 Å². The van der Waals surface area contributed by atoms with Gasteiger partial charge >= 0.3 is 0 Å². The van der Waals surface area contributed by atoms with Crippen LogP contribution in [0.1, 0.15) is 36.8 Å². The number of amides is 1. The zero-order valence-corrected chi connectivity index (χ0v) is 14.3. The molecule has 2 nitrogen and oxygen atoms in total. The Bertz CT molecular complexity index is 678. The van der Waals surface area contributed by atoms with Gasteiger partial charge in [0.05, 0.1) is 5.92 Å². The van der Waals surface area contributed by atoms with E-state index in [1.807, 2.05) is 41.3 Å². The third kappa shape index (κ3) is 3.94. The Morgan fingerprint density at radius 3 is 2.38 bits per heavy atom. The molecule has 0 aromatic heterocycles. The molecule has 0 spiro atoms. The van der Waals surface area contributed by atoms with Crippen molar-refractivity contribution < 1.29 is 4.79 Å². The van der Waals surface area contributed by atoms with Crippen molar-refractivity contribution in [3.63, 3.8) is 0 Å². The van der Waals surface area contributed by atoms with E-state index in [1.165, 1.54) is 5.56 Å². The first kappa shape index (κ1) is 16.5. The second-order valence-electron chi connectivity index (χ2n) is 6.56. The number of allylic oxidation sites excluding steroid dienone is 2. The van der Waals surface area contributed by atoms with Crippen LogP contribution < -0.4 is 0 Å². The molecule has 1 amide bonds. The minimum atomic E-state index is -0.107. The molecular formula is C22H25NO. The number of hydrogen-bond donors (Lipinski definition) is 0. The highest BCUT2D eigenvalue weighted by atomic mass is 16.2. The van der Waals surface area contributed by atoms with Gasteiger partial charge in [0, 0.05) is 13.1 Å². The van der Waals surface area contributed by atoms with Gasteiger partial charge in [-0.1, -0.05) is 79.7 Å². The predicted octanol–water partition coefficient (Wildman–Crippen LogP) is 4.79. The van der Waals surface area contributed by atoms with Gasteiger partial charge in [-0.2, -0.15) is 0 Å². The summed E-state index contributed by atoms with van der Waals surface area (Å²) in [6, 6.07) is 20.5. The summed E-state index contributed by atoms with van der Waals surface area (Å²) in [7, 11) is 0. The molecule has 0 unspecified atom stereocenters. The van der Waals surface area contributed by atoms with E-state index < -0.39 is 0 Å². The zero-order chi connectivity index (χ0) is 16.8. The van der Waals surface area contributed by atoms with E-state index in [9.17, 15) is 4.79 Å². The van der Waals surface area contributed by atoms with Crippen molar-refractivity contribution in [2.45, 2.75) is 32.2 Å². The maximum absolute atomic E-state index is 13.4. The predicted molar refractivity (Wildman–Crippen MR) is 98.6 cm³/mol. The standard InChI is InChI=1S/C22H25NO/c1-18-11-5-4-10-16-23(17-19-12-6-2-7-13-19)22(24)21(18)20-14-8-3-9-15-20/h2-3,5-9,11-15,18,21H,4,10,16-17H2,1H3/b11-5+/t18-,21-/m0/s1. The fourth-order valence-corrected chi connectivity index (χ4v) is 3.42. The first-order valence-electron chi connectivity index (χ1n) is 8.80. The van der Waals surface area contributed by atoms with E-state index in [2.05, 4.69) is 43.3 Å². The molecule has 0 radical (unpaired) electrons. The summed E-state index contributed by atoms with van der Waals surface area (Å²) >= 11 is 0. The lowest BCUT2D eigenvalue weighted by Crippen LogP contribution is -2.37. The SMILES string of the molecule is C[C@H]1/C=C/CCCN(Cc2ccccc2)C(=O)[C@@H]1c1ccccc1. The number of carbonyl (C=O) groups is 1. The van der Waals surface area contributed by atoms with Gasteiger partial charge in [-0.3, -0.25) is 4.79 Å². The van der Waals surface area contributed by atoms with Crippen LogP contribution in [0, 0.1) is 5.92 Å². The van der Waals surface area contributed by atoms with Gasteiger partial charge in [-0.25, -0.2) is 0 Å². The smallest absolute Gasteiger partial charge is 0.231 e. The molecule has 2 aromatic carbocycles. The lowest BCUT2D eigenvalue weighted by molar-refractivity contribution is -0.134. The maximum atomic E-state index is 13.4. The van der Waals surface area contributed by atoms with E-state index in [0.29, 0.717) is 6.54 Å². The molecule has 0 saturated heterocycles. The van der Waals surface area contributed by atoms with Crippen LogP contribution in [0.2, 0.25) is 0 Å². The monoisotopic (exact) mass is 319 g/mol. The molecule has 0 N–H and O–H groups in total. The first-order chi connectivity index (χ1) is 11.8. The lowest BCUT2D eigenvalue weighted by Gasteiger charge is -2.29. The number of carbonyl (C=O) groups excluding carboxylic acids is 1. The fraction of sp³-hybridized carbons (Fsp3) is 0.318. The molecule has 1 heterocycles. The number of benzene rings is 2. The first-order valence-corrected chi connectivity index (χ1v) is 8.80. The molecule has 1 aliphatic rings. The summed E-state index contributed by atoms with van der Waals surface area (Å²) in [5.74, 6) is 0.338. The molecule has 0 bridgehead atoms. The summed E-state index contributed by atoms with van der Waals surface area (Å²) in [6.07, 6.45) is 6.50. The highest BCUT2D eigenvalue weighted by Crippen LogP contribution is 2.30. The van der Waals surface area contributed by atoms with Gasteiger partial charge in [0.15, 0.2) is 0 Å². The number of nitrogens with zero attached hydrogens (tertiary/aromatic N) is 1. The quantitative estimate of drug-likeness (QED) is 0.745. The summed E-state index contributed by atoms with van der Waals surface area (Å²) in [6.45, 7) is 3.65. The van der Waals surface area contributed by atoms with Gasteiger partial charge < -0.3 is 4.90 Å². The molecule has 2 heteroatoms. The van der Waals surface area contributed by atoms with Crippen LogP contribution in [0.5, 0.6) is 0 Å². The summed E-state index contributed by atoms with van der Waals surface area (Å²) in [4.78, 5) is 15.4. The molecular weight excluding hydrogens is 294 g/mol. The molecule has 124 valence electrons. The minimum Gasteiger partial charge on any atom is -0.338 e. The Hall–Kier alpha value is -2.35. The van der Waals surface area contributed by atoms with Crippen LogP contribution in [-0.4, -0.2) is 17.4 Å². The molecule has 3 rings (SSSR count). The zero-order valence-electron chi connectivity index (χ0n) is 14.3. The summed E-state index contributed by atoms with van der Waals surface area (Å²) < 4.78 is 0. The van der Waals surface area contributed by atoms with E-state index in [-0.39, 0.29) is 17.7 Å². The van der Waals surface area contributed by atoms with Crippen molar-refractivity contribution in [2.24, 2.45) is 5.92 Å². The average Bonchev–Trinajstić information content (AvgIpc) is 2.68. The topological polar surface area (TPSA) is 20.3 Å². The molecule has 1 aliphatic heterocycles. The van der Waals surface area contributed by atoms with Gasteiger partial charge in [-0.15, -0.1) is 0 Å². The summed E-state index contributed by atoms with van der Waals surface area (Å²) in [5, 5.41) is 0. The molecule has 0 fully saturated rings. The van der Waals surface area contributed by atoms with Crippen molar-refractivity contribution in [3.8, 4) is 0 Å². The van der Waals surface area contributed by atoms with Crippen LogP contribution >= 0.6 is 0 Å². The van der Waals surface area contributed by atoms with Gasteiger partial charge in [0.2, 0.25) is 5.91 Å². The third-order valence-electron chi connectivity index (χ3n) is 4.72. The van der Waals surface area contributed by atoms with Crippen molar-refractivity contribution in [2.75, 3.05) is 6.54 Å². The molecule has 24 heavy (non-hydrogen) atoms. The Labute approximate surface area is 144 Å². The highest BCUT2D eigenvalue weighted by molar-refractivity contribution is 5.84. The maximum Gasteiger partial charge on any atom is 0.231 e. The minimum absolute atomic E-state index is 0.107. The van der Waals surface area contributed by atoms with Crippen molar-refractivity contribution in [1.29, 1.82) is 0 Å². The average molecular weight is 319 g/mol. The number of rotatable bonds is 3. The van der Waals surface area contributed by atoms with Gasteiger partial charge in [-0.05, 0) is 29.9 Å². The Morgan fingerprint density at radius 2 is 1.67 bits per heavy atom. The van der Waals surface area contributed by atoms with Crippen LogP contribution in [0.15, 0.2) is 72.8 Å². The van der Waals surface area contributed by atoms with E-state index in [0.717, 1.165) is 24.9 Å². The second-order valence-corrected chi connectivity index (χ2v) is 6.56. The van der Waals surface area contributed by atoms with Crippen molar-refractivity contribution in [1.82, 2.24) is 4.90 Å². The third-order valence-corrected chi connectivity index (χ3v) is 4.72. The van der Waals surface area contributed by atoms with Crippen LogP contribution in [0.4, 0.5) is 0 Å². The largest absolute Gasteiger partial charge is 0.338 e. The molecule has 2 aromatic rings. The molecule has 2 atom stereocenters. The normalized spacial score (nSPS) is 23.2. The second kappa shape index (κ2) is 7.96.